The average molecular weight is 436 g/mol. The van der Waals surface area contributed by atoms with Crippen LogP contribution >= 0.6 is 11.3 Å². The first-order valence-corrected chi connectivity index (χ1v) is 11.5. The zero-order chi connectivity index (χ0) is 21.5. The van der Waals surface area contributed by atoms with Gasteiger partial charge in [-0.2, -0.15) is 5.10 Å². The molecule has 160 valence electrons. The van der Waals surface area contributed by atoms with E-state index in [1.54, 1.807) is 11.3 Å². The number of carbonyl (C=O) groups excluding carboxylic acids is 2. The number of aryl methyl sites for hydroxylation is 1. The molecule has 0 spiro atoms. The molecule has 1 aromatic carbocycles. The van der Waals surface area contributed by atoms with Crippen LogP contribution < -0.4 is 11.1 Å². The third-order valence-corrected chi connectivity index (χ3v) is 6.95. The molecule has 1 fully saturated rings. The summed E-state index contributed by atoms with van der Waals surface area (Å²) < 4.78 is 1.88. The van der Waals surface area contributed by atoms with Crippen LogP contribution in [0.1, 0.15) is 40.7 Å². The summed E-state index contributed by atoms with van der Waals surface area (Å²) in [5, 5.41) is 9.72. The van der Waals surface area contributed by atoms with Gasteiger partial charge in [0.1, 0.15) is 0 Å². The summed E-state index contributed by atoms with van der Waals surface area (Å²) in [7, 11) is 0. The molecule has 3 aromatic rings. The highest BCUT2D eigenvalue weighted by atomic mass is 32.1. The van der Waals surface area contributed by atoms with Crippen LogP contribution in [-0.2, 0) is 17.6 Å². The van der Waals surface area contributed by atoms with E-state index in [-0.39, 0.29) is 17.9 Å². The van der Waals surface area contributed by atoms with Crippen LogP contribution in [0.25, 0.3) is 16.9 Å². The lowest BCUT2D eigenvalue weighted by molar-refractivity contribution is -0.114. The molecule has 31 heavy (non-hydrogen) atoms. The fourth-order valence-electron chi connectivity index (χ4n) is 4.54. The predicted octanol–water partition coefficient (Wildman–Crippen LogP) is 3.22. The van der Waals surface area contributed by atoms with Crippen LogP contribution in [0.2, 0.25) is 0 Å². The Hall–Kier alpha value is -2.97. The van der Waals surface area contributed by atoms with Gasteiger partial charge in [0, 0.05) is 47.7 Å². The number of amides is 2. The molecule has 1 aliphatic heterocycles. The maximum Gasteiger partial charge on any atom is 0.274 e. The van der Waals surface area contributed by atoms with Gasteiger partial charge in [0.05, 0.1) is 11.4 Å². The molecule has 2 amide bonds. The van der Waals surface area contributed by atoms with Crippen molar-refractivity contribution < 1.29 is 9.59 Å². The minimum atomic E-state index is -0.111. The van der Waals surface area contributed by atoms with Crippen LogP contribution in [0.4, 0.5) is 5.69 Å². The molecule has 2 aliphatic rings. The van der Waals surface area contributed by atoms with Gasteiger partial charge in [0.15, 0.2) is 5.69 Å². The lowest BCUT2D eigenvalue weighted by atomic mass is 9.94. The van der Waals surface area contributed by atoms with E-state index in [0.717, 1.165) is 60.4 Å². The number of carbonyl (C=O) groups is 2. The number of piperidine rings is 1. The smallest absolute Gasteiger partial charge is 0.274 e. The largest absolute Gasteiger partial charge is 0.336 e. The van der Waals surface area contributed by atoms with E-state index in [0.29, 0.717) is 12.2 Å². The predicted molar refractivity (Wildman–Crippen MR) is 122 cm³/mol. The zero-order valence-corrected chi connectivity index (χ0v) is 18.2. The molecular weight excluding hydrogens is 410 g/mol. The lowest BCUT2D eigenvalue weighted by Crippen LogP contribution is -2.46. The summed E-state index contributed by atoms with van der Waals surface area (Å²) in [5.74, 6) is -0.140. The second kappa shape index (κ2) is 7.94. The number of anilines is 1. The number of fused-ring (bicyclic) bond motifs is 3. The van der Waals surface area contributed by atoms with E-state index in [1.807, 2.05) is 33.8 Å². The summed E-state index contributed by atoms with van der Waals surface area (Å²) in [6.07, 6.45) is 3.60. The topological polar surface area (TPSA) is 93.2 Å². The van der Waals surface area contributed by atoms with Crippen molar-refractivity contribution in [2.45, 2.75) is 38.6 Å². The summed E-state index contributed by atoms with van der Waals surface area (Å²) in [6, 6.07) is 9.70. The molecule has 5 rings (SSSR count). The number of nitrogens with two attached hydrogens (primary N) is 1. The molecular formula is C23H25N5O2S. The molecule has 1 saturated heterocycles. The molecule has 3 N–H and O–H groups in total. The number of likely N-dealkylation sites (tertiary alicyclic amines) is 1. The number of nitrogens with zero attached hydrogens (tertiary/aromatic N) is 3. The first-order chi connectivity index (χ1) is 15.0. The molecule has 7 nitrogen and oxygen atoms in total. The Morgan fingerprint density at radius 1 is 1.19 bits per heavy atom. The van der Waals surface area contributed by atoms with E-state index < -0.39 is 0 Å². The van der Waals surface area contributed by atoms with Crippen molar-refractivity contribution in [1.82, 2.24) is 14.7 Å². The normalized spacial score (nSPS) is 17.7. The van der Waals surface area contributed by atoms with Crippen molar-refractivity contribution in [3.8, 4) is 16.9 Å². The van der Waals surface area contributed by atoms with Crippen molar-refractivity contribution in [2.24, 2.45) is 5.73 Å². The minimum absolute atomic E-state index is 0.0282. The van der Waals surface area contributed by atoms with Crippen molar-refractivity contribution in [3.05, 3.63) is 51.8 Å². The minimum Gasteiger partial charge on any atom is -0.336 e. The van der Waals surface area contributed by atoms with Crippen LogP contribution in [0, 0.1) is 0 Å². The second-order valence-electron chi connectivity index (χ2n) is 8.23. The van der Waals surface area contributed by atoms with Crippen molar-refractivity contribution in [2.75, 3.05) is 18.4 Å². The van der Waals surface area contributed by atoms with E-state index >= 15 is 0 Å². The Balaban J connectivity index is 1.59. The van der Waals surface area contributed by atoms with Gasteiger partial charge in [-0.3, -0.25) is 9.59 Å². The van der Waals surface area contributed by atoms with Crippen LogP contribution in [0.3, 0.4) is 0 Å². The van der Waals surface area contributed by atoms with Gasteiger partial charge in [0.25, 0.3) is 5.91 Å². The van der Waals surface area contributed by atoms with Crippen LogP contribution in [-0.4, -0.2) is 45.6 Å². The number of rotatable bonds is 3. The van der Waals surface area contributed by atoms with Gasteiger partial charge in [0.2, 0.25) is 5.91 Å². The third kappa shape index (κ3) is 3.66. The molecule has 1 atom stereocenters. The Kier molecular flexibility index (Phi) is 5.11. The van der Waals surface area contributed by atoms with Crippen molar-refractivity contribution >= 4 is 28.8 Å². The summed E-state index contributed by atoms with van der Waals surface area (Å²) in [6.45, 7) is 2.79. The Labute approximate surface area is 184 Å². The highest BCUT2D eigenvalue weighted by Crippen LogP contribution is 2.40. The van der Waals surface area contributed by atoms with E-state index in [9.17, 15) is 9.59 Å². The van der Waals surface area contributed by atoms with Crippen molar-refractivity contribution in [1.29, 1.82) is 0 Å². The molecule has 0 unspecified atom stereocenters. The Morgan fingerprint density at radius 3 is 2.74 bits per heavy atom. The quantitative estimate of drug-likeness (QED) is 0.661. The maximum absolute atomic E-state index is 13.4. The van der Waals surface area contributed by atoms with Gasteiger partial charge < -0.3 is 16.0 Å². The molecule has 0 radical (unpaired) electrons. The van der Waals surface area contributed by atoms with Gasteiger partial charge >= 0.3 is 0 Å². The number of hydrogen-bond acceptors (Lipinski definition) is 5. The molecule has 1 aliphatic carbocycles. The number of aromatic nitrogens is 2. The highest BCUT2D eigenvalue weighted by Gasteiger charge is 2.32. The number of hydrogen-bond donors (Lipinski definition) is 2. The second-order valence-corrected chi connectivity index (χ2v) is 9.23. The maximum atomic E-state index is 13.4. The highest BCUT2D eigenvalue weighted by molar-refractivity contribution is 7.10. The Bertz CT molecular complexity index is 1150. The molecule has 2 aromatic heterocycles. The first kappa shape index (κ1) is 20.0. The van der Waals surface area contributed by atoms with Crippen LogP contribution in [0.5, 0.6) is 0 Å². The van der Waals surface area contributed by atoms with Gasteiger partial charge in [-0.05, 0) is 61.4 Å². The molecule has 0 bridgehead atoms. The van der Waals surface area contributed by atoms with E-state index in [2.05, 4.69) is 16.8 Å². The van der Waals surface area contributed by atoms with Crippen molar-refractivity contribution in [3.63, 3.8) is 0 Å². The summed E-state index contributed by atoms with van der Waals surface area (Å²) in [5.41, 5.74) is 11.4. The monoisotopic (exact) mass is 435 g/mol. The van der Waals surface area contributed by atoms with Gasteiger partial charge in [-0.25, -0.2) is 4.68 Å². The molecule has 0 saturated carbocycles. The molecule has 8 heteroatoms. The lowest BCUT2D eigenvalue weighted by Gasteiger charge is -2.30. The fourth-order valence-corrected chi connectivity index (χ4v) is 5.42. The van der Waals surface area contributed by atoms with E-state index in [1.165, 1.54) is 11.8 Å². The standard InChI is InChI=1S/C23H25N5O2S/c1-14(29)25-16-4-6-17(7-5-16)28-22-18-10-12-31-20(18)9-8-19(22)21(26-28)23(30)27-11-2-3-15(24)13-27/h4-7,10,12,15H,2-3,8-9,11,13,24H2,1H3,(H,25,29)/t15-/m0/s1. The van der Waals surface area contributed by atoms with E-state index in [4.69, 9.17) is 10.8 Å². The SMILES string of the molecule is CC(=O)Nc1ccc(-n2nc(C(=O)N3CCC[C@H](N)C3)c3c2-c2ccsc2CC3)cc1. The number of nitrogens with one attached hydrogen (secondary N) is 1. The van der Waals surface area contributed by atoms with Crippen LogP contribution in [0.15, 0.2) is 35.7 Å². The Morgan fingerprint density at radius 2 is 2.00 bits per heavy atom. The number of thiophene rings is 1. The summed E-state index contributed by atoms with van der Waals surface area (Å²) in [4.78, 5) is 28.0. The van der Waals surface area contributed by atoms with Gasteiger partial charge in [-0.15, -0.1) is 11.3 Å². The summed E-state index contributed by atoms with van der Waals surface area (Å²) >= 11 is 1.75. The van der Waals surface area contributed by atoms with Gasteiger partial charge in [-0.1, -0.05) is 0 Å². The average Bonchev–Trinajstić information content (AvgIpc) is 3.38. The first-order valence-electron chi connectivity index (χ1n) is 10.6. The molecule has 3 heterocycles. The zero-order valence-electron chi connectivity index (χ0n) is 17.4. The fraction of sp³-hybridized carbons (Fsp3) is 0.348. The third-order valence-electron chi connectivity index (χ3n) is 5.97. The number of benzene rings is 1.